The molecule has 18 heavy (non-hydrogen) atoms. The number of hydrogen-bond acceptors (Lipinski definition) is 4. The second-order valence-corrected chi connectivity index (χ2v) is 4.67. The van der Waals surface area contributed by atoms with Crippen LogP contribution in [0.1, 0.15) is 18.6 Å². The second kappa shape index (κ2) is 6.15. The SMILES string of the molecule is CCOC(=O)[C@@](F)(Br)[C@@H](O)c1ccc(OC)cc1. The average molecular weight is 321 g/mol. The van der Waals surface area contributed by atoms with Crippen molar-refractivity contribution in [3.05, 3.63) is 29.8 Å². The molecule has 1 rings (SSSR count). The molecule has 0 radical (unpaired) electrons. The van der Waals surface area contributed by atoms with Gasteiger partial charge in [0.1, 0.15) is 11.9 Å². The number of ether oxygens (including phenoxy) is 2. The van der Waals surface area contributed by atoms with Crippen LogP contribution in [0.15, 0.2) is 24.3 Å². The van der Waals surface area contributed by atoms with Gasteiger partial charge in [0.2, 0.25) is 0 Å². The van der Waals surface area contributed by atoms with E-state index in [1.165, 1.54) is 19.2 Å². The van der Waals surface area contributed by atoms with Crippen LogP contribution in [-0.2, 0) is 9.53 Å². The maximum absolute atomic E-state index is 14.1. The molecule has 0 heterocycles. The normalized spacial score (nSPS) is 15.6. The van der Waals surface area contributed by atoms with Gasteiger partial charge in [-0.2, -0.15) is 0 Å². The fraction of sp³-hybridized carbons (Fsp3) is 0.417. The summed E-state index contributed by atoms with van der Waals surface area (Å²) in [5, 5.41) is 9.85. The highest BCUT2D eigenvalue weighted by atomic mass is 79.9. The molecule has 0 aliphatic carbocycles. The first-order chi connectivity index (χ1) is 8.43. The Balaban J connectivity index is 2.90. The Hall–Kier alpha value is -1.14. The summed E-state index contributed by atoms with van der Waals surface area (Å²) in [5.41, 5.74) is 0.239. The van der Waals surface area contributed by atoms with E-state index in [2.05, 4.69) is 20.7 Å². The lowest BCUT2D eigenvalue weighted by Gasteiger charge is -2.22. The van der Waals surface area contributed by atoms with E-state index in [1.54, 1.807) is 19.1 Å². The van der Waals surface area contributed by atoms with E-state index in [0.29, 0.717) is 5.75 Å². The Kier molecular flexibility index (Phi) is 5.10. The number of esters is 1. The molecule has 1 N–H and O–H groups in total. The minimum atomic E-state index is -2.67. The lowest BCUT2D eigenvalue weighted by Crippen LogP contribution is -2.35. The van der Waals surface area contributed by atoms with Crippen LogP contribution < -0.4 is 4.74 Å². The molecule has 0 aromatic heterocycles. The monoisotopic (exact) mass is 320 g/mol. The van der Waals surface area contributed by atoms with Gasteiger partial charge in [0.25, 0.3) is 4.58 Å². The average Bonchev–Trinajstić information content (AvgIpc) is 2.38. The molecule has 0 spiro atoms. The van der Waals surface area contributed by atoms with E-state index in [0.717, 1.165) is 0 Å². The molecule has 0 saturated carbocycles. The molecule has 0 amide bonds. The first kappa shape index (κ1) is 14.9. The van der Waals surface area contributed by atoms with Gasteiger partial charge in [-0.3, -0.25) is 0 Å². The van der Waals surface area contributed by atoms with Gasteiger partial charge < -0.3 is 14.6 Å². The van der Waals surface area contributed by atoms with Crippen molar-refractivity contribution in [1.29, 1.82) is 0 Å². The molecule has 100 valence electrons. The highest BCUT2D eigenvalue weighted by Crippen LogP contribution is 2.37. The maximum Gasteiger partial charge on any atom is 0.358 e. The van der Waals surface area contributed by atoms with Gasteiger partial charge >= 0.3 is 5.97 Å². The quantitative estimate of drug-likeness (QED) is 0.668. The van der Waals surface area contributed by atoms with Gasteiger partial charge in [0, 0.05) is 0 Å². The predicted molar refractivity (Wildman–Crippen MR) is 67.4 cm³/mol. The smallest absolute Gasteiger partial charge is 0.358 e. The third kappa shape index (κ3) is 3.20. The Morgan fingerprint density at radius 1 is 1.50 bits per heavy atom. The van der Waals surface area contributed by atoms with E-state index in [9.17, 15) is 14.3 Å². The minimum absolute atomic E-state index is 0.0332. The van der Waals surface area contributed by atoms with Gasteiger partial charge in [-0.05, 0) is 40.5 Å². The summed E-state index contributed by atoms with van der Waals surface area (Å²) >= 11 is 2.56. The molecule has 0 aliphatic heterocycles. The zero-order valence-electron chi connectivity index (χ0n) is 10.0. The molecule has 0 fully saturated rings. The number of benzene rings is 1. The van der Waals surface area contributed by atoms with Crippen molar-refractivity contribution in [1.82, 2.24) is 0 Å². The second-order valence-electron chi connectivity index (χ2n) is 3.52. The fourth-order valence-corrected chi connectivity index (χ4v) is 1.71. The molecule has 4 nitrogen and oxygen atoms in total. The molecular formula is C12H14BrFO4. The zero-order chi connectivity index (χ0) is 13.8. The Labute approximate surface area is 113 Å². The minimum Gasteiger partial charge on any atom is -0.497 e. The summed E-state index contributed by atoms with van der Waals surface area (Å²) in [6, 6.07) is 6.07. The number of aliphatic hydroxyl groups is 1. The highest BCUT2D eigenvalue weighted by molar-refractivity contribution is 9.10. The molecule has 6 heteroatoms. The summed E-state index contributed by atoms with van der Waals surface area (Å²) in [5.74, 6) is -0.588. The van der Waals surface area contributed by atoms with Crippen LogP contribution in [0.5, 0.6) is 5.75 Å². The number of aliphatic hydroxyl groups excluding tert-OH is 1. The third-order valence-corrected chi connectivity index (χ3v) is 3.08. The molecule has 0 unspecified atom stereocenters. The number of methoxy groups -OCH3 is 1. The molecule has 2 atom stereocenters. The van der Waals surface area contributed by atoms with Gasteiger partial charge in [0.05, 0.1) is 13.7 Å². The predicted octanol–water partition coefficient (Wildman–Crippen LogP) is 2.35. The van der Waals surface area contributed by atoms with Crippen LogP contribution in [0.2, 0.25) is 0 Å². The Bertz CT molecular complexity index is 405. The van der Waals surface area contributed by atoms with E-state index >= 15 is 0 Å². The molecule has 1 aromatic rings. The number of rotatable bonds is 5. The summed E-state index contributed by atoms with van der Waals surface area (Å²) in [4.78, 5) is 11.4. The van der Waals surface area contributed by atoms with Gasteiger partial charge in [0.15, 0.2) is 0 Å². The van der Waals surface area contributed by atoms with E-state index < -0.39 is 16.7 Å². The number of carbonyl (C=O) groups is 1. The van der Waals surface area contributed by atoms with Crippen molar-refractivity contribution in [2.75, 3.05) is 13.7 Å². The molecule has 0 aliphatic rings. The summed E-state index contributed by atoms with van der Waals surface area (Å²) in [7, 11) is 1.49. The lowest BCUT2D eigenvalue weighted by atomic mass is 10.1. The van der Waals surface area contributed by atoms with Crippen molar-refractivity contribution >= 4 is 21.9 Å². The summed E-state index contributed by atoms with van der Waals surface area (Å²) < 4.78 is 20.9. The maximum atomic E-state index is 14.1. The molecule has 0 bridgehead atoms. The van der Waals surface area contributed by atoms with Crippen LogP contribution in [-0.4, -0.2) is 29.4 Å². The number of hydrogen-bond donors (Lipinski definition) is 1. The fourth-order valence-electron chi connectivity index (χ4n) is 1.33. The van der Waals surface area contributed by atoms with E-state index in [1.807, 2.05) is 0 Å². The Morgan fingerprint density at radius 3 is 2.50 bits per heavy atom. The van der Waals surface area contributed by atoms with Crippen molar-refractivity contribution in [3.63, 3.8) is 0 Å². The van der Waals surface area contributed by atoms with Crippen LogP contribution in [0, 0.1) is 0 Å². The van der Waals surface area contributed by atoms with Gasteiger partial charge in [-0.15, -0.1) is 0 Å². The first-order valence-corrected chi connectivity index (χ1v) is 6.09. The van der Waals surface area contributed by atoms with Crippen molar-refractivity contribution in [3.8, 4) is 5.75 Å². The van der Waals surface area contributed by atoms with Crippen molar-refractivity contribution in [2.45, 2.75) is 17.6 Å². The number of carbonyl (C=O) groups excluding carboxylic acids is 1. The molecular weight excluding hydrogens is 307 g/mol. The summed E-state index contributed by atoms with van der Waals surface area (Å²) in [6.07, 6.45) is -1.66. The van der Waals surface area contributed by atoms with Crippen LogP contribution in [0.4, 0.5) is 4.39 Å². The zero-order valence-corrected chi connectivity index (χ0v) is 11.6. The first-order valence-electron chi connectivity index (χ1n) is 5.30. The van der Waals surface area contributed by atoms with Crippen LogP contribution in [0.25, 0.3) is 0 Å². The van der Waals surface area contributed by atoms with Crippen LogP contribution >= 0.6 is 15.9 Å². The molecule has 1 aromatic carbocycles. The van der Waals surface area contributed by atoms with Crippen molar-refractivity contribution in [2.24, 2.45) is 0 Å². The van der Waals surface area contributed by atoms with Crippen LogP contribution in [0.3, 0.4) is 0 Å². The summed E-state index contributed by atoms with van der Waals surface area (Å²) in [6.45, 7) is 1.59. The largest absolute Gasteiger partial charge is 0.497 e. The number of alkyl halides is 2. The van der Waals surface area contributed by atoms with Crippen molar-refractivity contribution < 1.29 is 23.8 Å². The topological polar surface area (TPSA) is 55.8 Å². The number of halogens is 2. The van der Waals surface area contributed by atoms with Gasteiger partial charge in [-0.25, -0.2) is 9.18 Å². The van der Waals surface area contributed by atoms with E-state index in [-0.39, 0.29) is 12.2 Å². The lowest BCUT2D eigenvalue weighted by molar-refractivity contribution is -0.156. The molecule has 0 saturated heterocycles. The standard InChI is InChI=1S/C12H14BrFO4/c1-3-18-11(16)12(13,14)10(15)8-4-6-9(17-2)7-5-8/h4-7,10,15H,3H2,1-2H3/t10-,12+/m0/s1. The van der Waals surface area contributed by atoms with Gasteiger partial charge in [-0.1, -0.05) is 12.1 Å². The highest BCUT2D eigenvalue weighted by Gasteiger charge is 2.45. The third-order valence-electron chi connectivity index (χ3n) is 2.32. The van der Waals surface area contributed by atoms with E-state index in [4.69, 9.17) is 4.74 Å². The Morgan fingerprint density at radius 2 is 2.06 bits per heavy atom.